The van der Waals surface area contributed by atoms with Crippen LogP contribution in [0, 0.1) is 5.41 Å². The molecule has 2 heterocycles. The monoisotopic (exact) mass is 414 g/mol. The van der Waals surface area contributed by atoms with Crippen molar-refractivity contribution in [3.63, 3.8) is 0 Å². The minimum atomic E-state index is -0.238. The lowest BCUT2D eigenvalue weighted by Crippen LogP contribution is -2.30. The van der Waals surface area contributed by atoms with Gasteiger partial charge in [-0.25, -0.2) is 9.97 Å². The first-order valence-electron chi connectivity index (χ1n) is 9.17. The van der Waals surface area contributed by atoms with E-state index in [0.717, 1.165) is 0 Å². The molecule has 3 rings (SSSR count). The molecule has 1 aromatic carbocycles. The summed E-state index contributed by atoms with van der Waals surface area (Å²) in [7, 11) is 1.62. The maximum absolute atomic E-state index is 12.4. The molecule has 152 valence electrons. The van der Waals surface area contributed by atoms with Gasteiger partial charge >= 0.3 is 0 Å². The van der Waals surface area contributed by atoms with Gasteiger partial charge in [-0.15, -0.1) is 0 Å². The number of amides is 1. The second-order valence-electron chi connectivity index (χ2n) is 6.77. The van der Waals surface area contributed by atoms with Crippen molar-refractivity contribution in [3.05, 3.63) is 52.4 Å². The minimum Gasteiger partial charge on any atom is -0.383 e. The molecule has 0 fully saturated rings. The molecule has 0 aliphatic rings. The fourth-order valence-corrected chi connectivity index (χ4v) is 3.00. The zero-order valence-electron chi connectivity index (χ0n) is 16.5. The topological polar surface area (TPSA) is 116 Å². The average Bonchev–Trinajstić information content (AvgIpc) is 3.10. The summed E-state index contributed by atoms with van der Waals surface area (Å²) >= 11 is 6.12. The number of ether oxygens (including phenoxy) is 1. The molecule has 0 atom stereocenters. The number of halogens is 1. The molecule has 0 radical (unpaired) electrons. The van der Waals surface area contributed by atoms with Gasteiger partial charge in [0.15, 0.2) is 5.65 Å². The summed E-state index contributed by atoms with van der Waals surface area (Å²) in [6, 6.07) is 5.23. The van der Waals surface area contributed by atoms with Gasteiger partial charge in [0.05, 0.1) is 24.1 Å². The lowest BCUT2D eigenvalue weighted by atomic mass is 10.1. The second-order valence-corrected chi connectivity index (χ2v) is 7.20. The first-order chi connectivity index (χ1) is 13.9. The highest BCUT2D eigenvalue weighted by Gasteiger charge is 2.18. The number of methoxy groups -OCH3 is 1. The first-order valence-corrected chi connectivity index (χ1v) is 9.55. The molecule has 0 saturated carbocycles. The molecule has 4 N–H and O–H groups in total. The third kappa shape index (κ3) is 4.72. The number of nitrogens with zero attached hydrogens (tertiary/aromatic N) is 2. The predicted molar refractivity (Wildman–Crippen MR) is 114 cm³/mol. The fraction of sp³-hybridized carbons (Fsp3) is 0.300. The zero-order chi connectivity index (χ0) is 21.0. The second kappa shape index (κ2) is 9.02. The molecule has 3 aromatic rings. The van der Waals surface area contributed by atoms with Crippen molar-refractivity contribution in [2.45, 2.75) is 19.9 Å². The fourth-order valence-electron chi connectivity index (χ4n) is 2.83. The van der Waals surface area contributed by atoms with Gasteiger partial charge in [0.1, 0.15) is 11.2 Å². The van der Waals surface area contributed by atoms with Crippen LogP contribution in [0.15, 0.2) is 30.6 Å². The van der Waals surface area contributed by atoms with E-state index < -0.39 is 0 Å². The SMILES string of the molecule is COCCNc1cc(Cl)ccc1C(=N)c1cnc2[nH]cc(C(=O)NC(C)C)c2n1. The average molecular weight is 415 g/mol. The van der Waals surface area contributed by atoms with Crippen LogP contribution in [0.3, 0.4) is 0 Å². The van der Waals surface area contributed by atoms with Gasteiger partial charge in [0.25, 0.3) is 5.91 Å². The Morgan fingerprint density at radius 1 is 1.34 bits per heavy atom. The van der Waals surface area contributed by atoms with Gasteiger partial charge in [-0.3, -0.25) is 10.2 Å². The molecule has 0 spiro atoms. The minimum absolute atomic E-state index is 0.00306. The highest BCUT2D eigenvalue weighted by molar-refractivity contribution is 6.31. The van der Waals surface area contributed by atoms with Crippen LogP contribution in [0.4, 0.5) is 5.69 Å². The van der Waals surface area contributed by atoms with Crippen LogP contribution in [0.5, 0.6) is 0 Å². The number of aromatic nitrogens is 3. The highest BCUT2D eigenvalue weighted by Crippen LogP contribution is 2.24. The summed E-state index contributed by atoms with van der Waals surface area (Å²) in [5, 5.41) is 15.3. The van der Waals surface area contributed by atoms with Gasteiger partial charge in [-0.2, -0.15) is 0 Å². The molecule has 0 unspecified atom stereocenters. The Morgan fingerprint density at radius 3 is 2.86 bits per heavy atom. The van der Waals surface area contributed by atoms with E-state index in [0.29, 0.717) is 51.8 Å². The number of anilines is 1. The van der Waals surface area contributed by atoms with E-state index in [4.69, 9.17) is 21.7 Å². The number of hydrogen-bond donors (Lipinski definition) is 4. The number of H-pyrrole nitrogens is 1. The van der Waals surface area contributed by atoms with Crippen LogP contribution in [0.1, 0.15) is 35.5 Å². The Hall–Kier alpha value is -2.97. The zero-order valence-corrected chi connectivity index (χ0v) is 17.2. The number of fused-ring (bicyclic) bond motifs is 1. The van der Waals surface area contributed by atoms with E-state index in [1.54, 1.807) is 31.5 Å². The van der Waals surface area contributed by atoms with Gasteiger partial charge in [-0.1, -0.05) is 11.6 Å². The van der Waals surface area contributed by atoms with Gasteiger partial charge in [-0.05, 0) is 32.0 Å². The van der Waals surface area contributed by atoms with E-state index >= 15 is 0 Å². The molecule has 29 heavy (non-hydrogen) atoms. The van der Waals surface area contributed by atoms with E-state index in [2.05, 4.69) is 25.6 Å². The van der Waals surface area contributed by atoms with Crippen LogP contribution in [-0.4, -0.2) is 52.9 Å². The van der Waals surface area contributed by atoms with Crippen LogP contribution in [-0.2, 0) is 4.74 Å². The molecule has 0 aliphatic carbocycles. The van der Waals surface area contributed by atoms with Crippen molar-refractivity contribution in [2.24, 2.45) is 0 Å². The number of hydrogen-bond acceptors (Lipinski definition) is 6. The molecular weight excluding hydrogens is 392 g/mol. The molecule has 8 nitrogen and oxygen atoms in total. The van der Waals surface area contributed by atoms with Crippen molar-refractivity contribution in [1.29, 1.82) is 5.41 Å². The third-order valence-corrected chi connectivity index (χ3v) is 4.41. The number of carbonyl (C=O) groups excluding carboxylic acids is 1. The molecular formula is C20H23ClN6O2. The number of benzene rings is 1. The Labute approximate surface area is 173 Å². The summed E-state index contributed by atoms with van der Waals surface area (Å²) in [6.07, 6.45) is 3.09. The van der Waals surface area contributed by atoms with E-state index in [1.165, 1.54) is 6.20 Å². The number of aromatic amines is 1. The van der Waals surface area contributed by atoms with Crippen LogP contribution >= 0.6 is 11.6 Å². The number of carbonyl (C=O) groups is 1. The molecule has 1 amide bonds. The van der Waals surface area contributed by atoms with Crippen molar-refractivity contribution in [1.82, 2.24) is 20.3 Å². The lowest BCUT2D eigenvalue weighted by molar-refractivity contribution is 0.0944. The standard InChI is InChI=1S/C20H23ClN6O2/c1-11(2)26-20(28)14-9-24-19-18(14)27-16(10-25-19)17(22)13-5-4-12(21)8-15(13)23-6-7-29-3/h4-5,8-11,22-23H,6-7H2,1-3H3,(H,24,25)(H,26,28). The summed E-state index contributed by atoms with van der Waals surface area (Å²) in [4.78, 5) is 24.2. The predicted octanol–water partition coefficient (Wildman–Crippen LogP) is 3.22. The summed E-state index contributed by atoms with van der Waals surface area (Å²) < 4.78 is 5.07. The summed E-state index contributed by atoms with van der Waals surface area (Å²) in [6.45, 7) is 4.86. The van der Waals surface area contributed by atoms with Gasteiger partial charge in [0, 0.05) is 42.2 Å². The largest absolute Gasteiger partial charge is 0.383 e. The smallest absolute Gasteiger partial charge is 0.255 e. The van der Waals surface area contributed by atoms with Crippen LogP contribution < -0.4 is 10.6 Å². The van der Waals surface area contributed by atoms with Crippen LogP contribution in [0.25, 0.3) is 11.2 Å². The van der Waals surface area contributed by atoms with Gasteiger partial charge in [0.2, 0.25) is 0 Å². The Morgan fingerprint density at radius 2 is 2.14 bits per heavy atom. The molecule has 0 saturated heterocycles. The number of nitrogens with one attached hydrogen (secondary N) is 4. The van der Waals surface area contributed by atoms with Crippen molar-refractivity contribution < 1.29 is 9.53 Å². The number of rotatable bonds is 8. The van der Waals surface area contributed by atoms with Crippen molar-refractivity contribution in [3.8, 4) is 0 Å². The summed E-state index contributed by atoms with van der Waals surface area (Å²) in [5.41, 5.74) is 3.17. The Bertz CT molecular complexity index is 1050. The maximum atomic E-state index is 12.4. The van der Waals surface area contributed by atoms with Crippen LogP contribution in [0.2, 0.25) is 5.02 Å². The molecule has 9 heteroatoms. The highest BCUT2D eigenvalue weighted by atomic mass is 35.5. The summed E-state index contributed by atoms with van der Waals surface area (Å²) in [5.74, 6) is -0.238. The molecule has 2 aromatic heterocycles. The first kappa shape index (κ1) is 20.8. The van der Waals surface area contributed by atoms with Gasteiger partial charge < -0.3 is 20.4 Å². The molecule has 0 bridgehead atoms. The molecule has 0 aliphatic heterocycles. The third-order valence-electron chi connectivity index (χ3n) is 4.17. The van der Waals surface area contributed by atoms with E-state index in [9.17, 15) is 4.79 Å². The van der Waals surface area contributed by atoms with E-state index in [1.807, 2.05) is 13.8 Å². The van der Waals surface area contributed by atoms with E-state index in [-0.39, 0.29) is 17.7 Å². The normalized spacial score (nSPS) is 11.1. The van der Waals surface area contributed by atoms with Crippen molar-refractivity contribution >= 4 is 40.1 Å². The van der Waals surface area contributed by atoms with Crippen molar-refractivity contribution in [2.75, 3.05) is 25.6 Å². The lowest BCUT2D eigenvalue weighted by Gasteiger charge is -2.13. The Balaban J connectivity index is 1.96. The maximum Gasteiger partial charge on any atom is 0.255 e. The Kier molecular flexibility index (Phi) is 6.46. The quantitative estimate of drug-likeness (QED) is 0.333.